The van der Waals surface area contributed by atoms with Gasteiger partial charge in [-0.05, 0) is 27.7 Å². The molecule has 1 aromatic rings. The quantitative estimate of drug-likeness (QED) is 0.764. The highest BCUT2D eigenvalue weighted by molar-refractivity contribution is 5.90. The third kappa shape index (κ3) is 4.40. The van der Waals surface area contributed by atoms with Gasteiger partial charge in [-0.2, -0.15) is 0 Å². The van der Waals surface area contributed by atoms with E-state index in [0.29, 0.717) is 30.4 Å². The van der Waals surface area contributed by atoms with Crippen molar-refractivity contribution in [1.29, 1.82) is 0 Å². The third-order valence-electron chi connectivity index (χ3n) is 3.00. The minimum Gasteiger partial charge on any atom is -0.462 e. The molecule has 1 aromatic heterocycles. The van der Waals surface area contributed by atoms with Gasteiger partial charge >= 0.3 is 5.97 Å². The Morgan fingerprint density at radius 1 is 1.38 bits per heavy atom. The summed E-state index contributed by atoms with van der Waals surface area (Å²) in [4.78, 5) is 31.6. The highest BCUT2D eigenvalue weighted by Gasteiger charge is 2.26. The number of esters is 1. The molecule has 0 aromatic carbocycles. The number of nitrogens with zero attached hydrogens (tertiary/aromatic N) is 2. The van der Waals surface area contributed by atoms with Crippen molar-refractivity contribution in [1.82, 2.24) is 15.3 Å². The maximum Gasteiger partial charge on any atom is 0.341 e. The molecule has 21 heavy (non-hydrogen) atoms. The standard InChI is InChI=1S/C14H22N4O3/c1-6-21-11(19)10-7-16-13(18-9(10)2)17-8-14(3,4)12(20)15-5/h7H,6,8H2,1-5H3,(H,15,20)(H,16,17,18). The van der Waals surface area contributed by atoms with Crippen molar-refractivity contribution in [3.05, 3.63) is 17.5 Å². The van der Waals surface area contributed by atoms with Gasteiger partial charge in [0, 0.05) is 19.8 Å². The van der Waals surface area contributed by atoms with Gasteiger partial charge in [0.1, 0.15) is 0 Å². The number of hydrogen-bond acceptors (Lipinski definition) is 6. The monoisotopic (exact) mass is 294 g/mol. The first-order valence-corrected chi connectivity index (χ1v) is 6.78. The maximum absolute atomic E-state index is 11.7. The molecular weight excluding hydrogens is 272 g/mol. The van der Waals surface area contributed by atoms with E-state index in [4.69, 9.17) is 4.74 Å². The summed E-state index contributed by atoms with van der Waals surface area (Å²) in [5.41, 5.74) is 0.280. The molecule has 116 valence electrons. The molecule has 7 nitrogen and oxygen atoms in total. The van der Waals surface area contributed by atoms with Gasteiger partial charge in [-0.3, -0.25) is 4.79 Å². The highest BCUT2D eigenvalue weighted by Crippen LogP contribution is 2.16. The number of carbonyl (C=O) groups excluding carboxylic acids is 2. The van der Waals surface area contributed by atoms with Crippen molar-refractivity contribution in [3.63, 3.8) is 0 Å². The van der Waals surface area contributed by atoms with Gasteiger partial charge in [-0.1, -0.05) is 0 Å². The van der Waals surface area contributed by atoms with E-state index < -0.39 is 11.4 Å². The minimum absolute atomic E-state index is 0.0742. The molecule has 0 saturated heterocycles. The predicted octanol–water partition coefficient (Wildman–Crippen LogP) is 1.15. The van der Waals surface area contributed by atoms with Crippen LogP contribution >= 0.6 is 0 Å². The number of amides is 1. The molecule has 1 heterocycles. The molecule has 0 bridgehead atoms. The van der Waals surface area contributed by atoms with E-state index in [2.05, 4.69) is 20.6 Å². The largest absolute Gasteiger partial charge is 0.462 e. The van der Waals surface area contributed by atoms with Gasteiger partial charge in [-0.25, -0.2) is 14.8 Å². The lowest BCUT2D eigenvalue weighted by Crippen LogP contribution is -2.39. The summed E-state index contributed by atoms with van der Waals surface area (Å²) in [6.07, 6.45) is 1.43. The molecular formula is C14H22N4O3. The summed E-state index contributed by atoms with van der Waals surface area (Å²) in [6.45, 7) is 7.77. The summed E-state index contributed by atoms with van der Waals surface area (Å²) in [7, 11) is 1.60. The lowest BCUT2D eigenvalue weighted by atomic mass is 9.92. The van der Waals surface area contributed by atoms with Crippen molar-refractivity contribution in [2.24, 2.45) is 5.41 Å². The van der Waals surface area contributed by atoms with E-state index >= 15 is 0 Å². The SMILES string of the molecule is CCOC(=O)c1cnc(NCC(C)(C)C(=O)NC)nc1C. The van der Waals surface area contributed by atoms with Gasteiger partial charge in [0.25, 0.3) is 0 Å². The van der Waals surface area contributed by atoms with Crippen molar-refractivity contribution in [3.8, 4) is 0 Å². The van der Waals surface area contributed by atoms with E-state index in [1.54, 1.807) is 20.9 Å². The van der Waals surface area contributed by atoms with Crippen molar-refractivity contribution >= 4 is 17.8 Å². The molecule has 2 N–H and O–H groups in total. The van der Waals surface area contributed by atoms with E-state index in [9.17, 15) is 9.59 Å². The molecule has 0 aliphatic carbocycles. The summed E-state index contributed by atoms with van der Waals surface area (Å²) in [5.74, 6) is -0.139. The summed E-state index contributed by atoms with van der Waals surface area (Å²) < 4.78 is 4.92. The van der Waals surface area contributed by atoms with Crippen molar-refractivity contribution in [2.45, 2.75) is 27.7 Å². The van der Waals surface area contributed by atoms with Crippen LogP contribution < -0.4 is 10.6 Å². The van der Waals surface area contributed by atoms with Gasteiger partial charge in [-0.15, -0.1) is 0 Å². The third-order valence-corrected chi connectivity index (χ3v) is 3.00. The van der Waals surface area contributed by atoms with Crippen LogP contribution in [-0.4, -0.2) is 42.0 Å². The van der Waals surface area contributed by atoms with E-state index in [0.717, 1.165) is 0 Å². The predicted molar refractivity (Wildman–Crippen MR) is 79.1 cm³/mol. The van der Waals surface area contributed by atoms with Crippen molar-refractivity contribution < 1.29 is 14.3 Å². The second kappa shape index (κ2) is 7.01. The van der Waals surface area contributed by atoms with Crippen molar-refractivity contribution in [2.75, 3.05) is 25.5 Å². The smallest absolute Gasteiger partial charge is 0.341 e. The fourth-order valence-electron chi connectivity index (χ4n) is 1.68. The maximum atomic E-state index is 11.7. The first kappa shape index (κ1) is 16.9. The molecule has 7 heteroatoms. The Balaban J connectivity index is 2.77. The topological polar surface area (TPSA) is 93.2 Å². The first-order chi connectivity index (χ1) is 9.81. The van der Waals surface area contributed by atoms with Crippen LogP contribution in [0, 0.1) is 12.3 Å². The van der Waals surface area contributed by atoms with Crippen LogP contribution in [0.5, 0.6) is 0 Å². The van der Waals surface area contributed by atoms with E-state index in [1.807, 2.05) is 13.8 Å². The Morgan fingerprint density at radius 3 is 2.57 bits per heavy atom. The van der Waals surface area contributed by atoms with Gasteiger partial charge in [0.05, 0.1) is 23.3 Å². The van der Waals surface area contributed by atoms with Crippen LogP contribution in [0.15, 0.2) is 6.20 Å². The number of aromatic nitrogens is 2. The fourth-order valence-corrected chi connectivity index (χ4v) is 1.68. The van der Waals surface area contributed by atoms with Crippen LogP contribution in [0.25, 0.3) is 0 Å². The highest BCUT2D eigenvalue weighted by atomic mass is 16.5. The second-order valence-corrected chi connectivity index (χ2v) is 5.23. The number of anilines is 1. The number of aryl methyl sites for hydroxylation is 1. The number of ether oxygens (including phenoxy) is 1. The van der Waals surface area contributed by atoms with Crippen LogP contribution in [0.2, 0.25) is 0 Å². The Morgan fingerprint density at radius 2 is 2.05 bits per heavy atom. The fraction of sp³-hybridized carbons (Fsp3) is 0.571. The van der Waals surface area contributed by atoms with Crippen LogP contribution in [0.4, 0.5) is 5.95 Å². The Hall–Kier alpha value is -2.18. The number of carbonyl (C=O) groups is 2. The van der Waals surface area contributed by atoms with Gasteiger partial charge in [0.2, 0.25) is 11.9 Å². The summed E-state index contributed by atoms with van der Waals surface area (Å²) >= 11 is 0. The Kier molecular flexibility index (Phi) is 5.63. The minimum atomic E-state index is -0.591. The molecule has 1 rings (SSSR count). The number of hydrogen-bond donors (Lipinski definition) is 2. The zero-order valence-corrected chi connectivity index (χ0v) is 13.1. The van der Waals surface area contributed by atoms with Crippen LogP contribution in [-0.2, 0) is 9.53 Å². The van der Waals surface area contributed by atoms with E-state index in [1.165, 1.54) is 6.20 Å². The molecule has 0 aliphatic rings. The number of rotatable bonds is 6. The molecule has 0 aliphatic heterocycles. The van der Waals surface area contributed by atoms with Gasteiger partial charge in [0.15, 0.2) is 0 Å². The average Bonchev–Trinajstić information content (AvgIpc) is 2.44. The first-order valence-electron chi connectivity index (χ1n) is 6.78. The molecule has 0 spiro atoms. The zero-order valence-electron chi connectivity index (χ0n) is 13.1. The molecule has 0 unspecified atom stereocenters. The molecule has 1 amide bonds. The zero-order chi connectivity index (χ0) is 16.0. The second-order valence-electron chi connectivity index (χ2n) is 5.23. The average molecular weight is 294 g/mol. The molecule has 0 atom stereocenters. The summed E-state index contributed by atoms with van der Waals surface area (Å²) in [5, 5.41) is 5.61. The normalized spacial score (nSPS) is 10.9. The van der Waals surface area contributed by atoms with Crippen LogP contribution in [0.3, 0.4) is 0 Å². The lowest BCUT2D eigenvalue weighted by Gasteiger charge is -2.22. The van der Waals surface area contributed by atoms with E-state index in [-0.39, 0.29) is 5.91 Å². The Bertz CT molecular complexity index is 529. The molecule has 0 fully saturated rings. The lowest BCUT2D eigenvalue weighted by molar-refractivity contribution is -0.128. The Labute approximate surface area is 124 Å². The van der Waals surface area contributed by atoms with Crippen LogP contribution in [0.1, 0.15) is 36.8 Å². The number of nitrogens with one attached hydrogen (secondary N) is 2. The molecule has 0 saturated carbocycles. The molecule has 0 radical (unpaired) electrons. The van der Waals surface area contributed by atoms with Gasteiger partial charge < -0.3 is 15.4 Å². The summed E-state index contributed by atoms with van der Waals surface area (Å²) in [6, 6.07) is 0.